The first kappa shape index (κ1) is 23.1. The van der Waals surface area contributed by atoms with Crippen LogP contribution < -0.4 is 10.6 Å². The van der Waals surface area contributed by atoms with Gasteiger partial charge in [-0.2, -0.15) is 0 Å². The Hall–Kier alpha value is -3.69. The molecule has 9 nitrogen and oxygen atoms in total. The van der Waals surface area contributed by atoms with Crippen LogP contribution in [0.5, 0.6) is 0 Å². The Kier molecular flexibility index (Phi) is 5.61. The smallest absolute Gasteiger partial charge is 0.410 e. The Morgan fingerprint density at radius 1 is 1.17 bits per heavy atom. The van der Waals surface area contributed by atoms with Gasteiger partial charge in [0.05, 0.1) is 17.6 Å². The molecule has 0 aromatic carbocycles. The maximum absolute atomic E-state index is 14.4. The van der Waals surface area contributed by atoms with Gasteiger partial charge in [-0.15, -0.1) is 0 Å². The van der Waals surface area contributed by atoms with Gasteiger partial charge in [0, 0.05) is 56.0 Å². The fourth-order valence-electron chi connectivity index (χ4n) is 4.82. The number of amidine groups is 1. The fraction of sp³-hybridized carbons (Fsp3) is 0.440. The van der Waals surface area contributed by atoms with Crippen LogP contribution in [0.3, 0.4) is 0 Å². The van der Waals surface area contributed by atoms with Crippen molar-refractivity contribution in [2.75, 3.05) is 31.1 Å². The number of fused-ring (bicyclic) bond motifs is 2. The summed E-state index contributed by atoms with van der Waals surface area (Å²) in [5, 5.41) is 0. The van der Waals surface area contributed by atoms with Crippen molar-refractivity contribution in [3.63, 3.8) is 0 Å². The summed E-state index contributed by atoms with van der Waals surface area (Å²) >= 11 is 0. The predicted molar refractivity (Wildman–Crippen MR) is 132 cm³/mol. The molecule has 2 fully saturated rings. The van der Waals surface area contributed by atoms with Crippen LogP contribution in [0.1, 0.15) is 32.0 Å². The monoisotopic (exact) mass is 479 g/mol. The molecule has 2 saturated heterocycles. The molecule has 2 atom stereocenters. The average molecular weight is 480 g/mol. The van der Waals surface area contributed by atoms with E-state index in [1.807, 2.05) is 31.7 Å². The minimum absolute atomic E-state index is 0.176. The van der Waals surface area contributed by atoms with Crippen LogP contribution in [0, 0.1) is 24.6 Å². The third-order valence-corrected chi connectivity index (χ3v) is 6.39. The van der Waals surface area contributed by atoms with E-state index in [9.17, 15) is 9.18 Å². The van der Waals surface area contributed by atoms with E-state index in [4.69, 9.17) is 10.5 Å². The highest BCUT2D eigenvalue weighted by Gasteiger charge is 2.42. The number of hydrogen-bond acceptors (Lipinski definition) is 6. The van der Waals surface area contributed by atoms with E-state index in [0.717, 1.165) is 24.5 Å². The number of aliphatic imine (C=N–C) groups is 1. The standard InChI is InChI=1S/C25H30FN7O2/c1-15-9-32-10-16(7-20(26)23(32)29-15)22(27)30-21-6-5-19(8-28-21)31-11-17-13-33(14-18(17)12-31)24(34)35-25(2,3)4/h5-10,17-18H,11-14H2,1-4H3,(H2,27,28,30). The zero-order valence-corrected chi connectivity index (χ0v) is 20.4. The lowest BCUT2D eigenvalue weighted by molar-refractivity contribution is 0.0282. The van der Waals surface area contributed by atoms with Crippen LogP contribution in [0.25, 0.3) is 5.65 Å². The summed E-state index contributed by atoms with van der Waals surface area (Å²) in [5.74, 6) is 0.987. The number of rotatable bonds is 3. The molecule has 0 aliphatic carbocycles. The van der Waals surface area contributed by atoms with E-state index in [-0.39, 0.29) is 17.6 Å². The number of hydrogen-bond donors (Lipinski definition) is 1. The summed E-state index contributed by atoms with van der Waals surface area (Å²) in [7, 11) is 0. The highest BCUT2D eigenvalue weighted by Crippen LogP contribution is 2.34. The molecular weight excluding hydrogens is 449 g/mol. The zero-order valence-electron chi connectivity index (χ0n) is 20.4. The summed E-state index contributed by atoms with van der Waals surface area (Å²) in [6, 6.07) is 5.10. The number of anilines is 1. The number of imidazole rings is 1. The van der Waals surface area contributed by atoms with Crippen molar-refractivity contribution in [2.45, 2.75) is 33.3 Å². The molecule has 2 aliphatic rings. The van der Waals surface area contributed by atoms with Gasteiger partial charge in [0.25, 0.3) is 0 Å². The van der Waals surface area contributed by atoms with Gasteiger partial charge < -0.3 is 24.7 Å². The van der Waals surface area contributed by atoms with Gasteiger partial charge in [0.2, 0.25) is 0 Å². The molecule has 5 rings (SSSR count). The van der Waals surface area contributed by atoms with Gasteiger partial charge in [0.1, 0.15) is 11.4 Å². The Balaban J connectivity index is 1.23. The number of amides is 1. The third kappa shape index (κ3) is 4.78. The van der Waals surface area contributed by atoms with Crippen LogP contribution in [0.15, 0.2) is 41.8 Å². The topological polar surface area (TPSA) is 101 Å². The zero-order chi connectivity index (χ0) is 24.9. The van der Waals surface area contributed by atoms with Gasteiger partial charge in [-0.1, -0.05) is 0 Å². The number of nitrogens with two attached hydrogens (primary N) is 1. The molecule has 10 heteroatoms. The highest BCUT2D eigenvalue weighted by atomic mass is 19.1. The number of nitrogens with zero attached hydrogens (tertiary/aromatic N) is 6. The van der Waals surface area contributed by atoms with E-state index >= 15 is 0 Å². The number of ether oxygens (including phenoxy) is 1. The third-order valence-electron chi connectivity index (χ3n) is 6.39. The lowest BCUT2D eigenvalue weighted by atomic mass is 10.0. The molecule has 1 amide bonds. The SMILES string of the molecule is Cc1cn2cc(C(N)=Nc3ccc(N4CC5CN(C(=O)OC(C)(C)C)CC5C4)cn3)cc(F)c2n1. The van der Waals surface area contributed by atoms with Gasteiger partial charge in [0.15, 0.2) is 17.3 Å². The summed E-state index contributed by atoms with van der Waals surface area (Å²) in [6.45, 7) is 10.6. The van der Waals surface area contributed by atoms with E-state index < -0.39 is 11.4 Å². The molecule has 5 heterocycles. The van der Waals surface area contributed by atoms with E-state index in [1.165, 1.54) is 6.07 Å². The number of carbonyl (C=O) groups is 1. The summed E-state index contributed by atoms with van der Waals surface area (Å²) in [6.07, 6.45) is 4.99. The second kappa shape index (κ2) is 8.51. The lowest BCUT2D eigenvalue weighted by Crippen LogP contribution is -2.37. The van der Waals surface area contributed by atoms with Gasteiger partial charge in [-0.25, -0.2) is 24.1 Å². The molecular formula is C25H30FN7O2. The Bertz CT molecular complexity index is 1280. The molecule has 3 aromatic heterocycles. The summed E-state index contributed by atoms with van der Waals surface area (Å²) in [5.41, 5.74) is 8.10. The van der Waals surface area contributed by atoms with Crippen LogP contribution in [0.2, 0.25) is 0 Å². The number of carbonyl (C=O) groups excluding carboxylic acids is 1. The van der Waals surface area contributed by atoms with Crippen molar-refractivity contribution in [1.82, 2.24) is 19.3 Å². The minimum atomic E-state index is -0.487. The Labute approximate surface area is 203 Å². The largest absolute Gasteiger partial charge is 0.444 e. The second-order valence-corrected chi connectivity index (χ2v) is 10.4. The Morgan fingerprint density at radius 2 is 1.89 bits per heavy atom. The highest BCUT2D eigenvalue weighted by molar-refractivity contribution is 5.98. The normalized spacial score (nSPS) is 20.5. The number of likely N-dealkylation sites (tertiary alicyclic amines) is 1. The van der Waals surface area contributed by atoms with E-state index in [2.05, 4.69) is 19.9 Å². The van der Waals surface area contributed by atoms with E-state index in [0.29, 0.717) is 36.3 Å². The van der Waals surface area contributed by atoms with Crippen molar-refractivity contribution >= 4 is 29.1 Å². The van der Waals surface area contributed by atoms with Crippen molar-refractivity contribution in [3.8, 4) is 0 Å². The first-order valence-electron chi connectivity index (χ1n) is 11.7. The number of aryl methyl sites for hydroxylation is 1. The fourth-order valence-corrected chi connectivity index (χ4v) is 4.82. The van der Waals surface area contributed by atoms with Gasteiger partial charge >= 0.3 is 6.09 Å². The van der Waals surface area contributed by atoms with Crippen molar-refractivity contribution in [2.24, 2.45) is 22.6 Å². The molecule has 2 unspecified atom stereocenters. The predicted octanol–water partition coefficient (Wildman–Crippen LogP) is 3.52. The summed E-state index contributed by atoms with van der Waals surface area (Å²) in [4.78, 5) is 29.5. The van der Waals surface area contributed by atoms with Crippen LogP contribution in [-0.4, -0.2) is 63.0 Å². The molecule has 0 radical (unpaired) electrons. The maximum atomic E-state index is 14.4. The first-order chi connectivity index (χ1) is 16.6. The second-order valence-electron chi connectivity index (χ2n) is 10.4. The molecule has 0 saturated carbocycles. The lowest BCUT2D eigenvalue weighted by Gasteiger charge is -2.26. The van der Waals surface area contributed by atoms with Crippen molar-refractivity contribution in [1.29, 1.82) is 0 Å². The first-order valence-corrected chi connectivity index (χ1v) is 11.7. The molecule has 184 valence electrons. The average Bonchev–Trinajstić information content (AvgIpc) is 3.45. The molecule has 2 aliphatic heterocycles. The summed E-state index contributed by atoms with van der Waals surface area (Å²) < 4.78 is 21.5. The Morgan fingerprint density at radius 3 is 2.51 bits per heavy atom. The number of pyridine rings is 2. The minimum Gasteiger partial charge on any atom is -0.444 e. The molecule has 3 aromatic rings. The molecule has 2 N–H and O–H groups in total. The van der Waals surface area contributed by atoms with Crippen molar-refractivity contribution in [3.05, 3.63) is 53.9 Å². The maximum Gasteiger partial charge on any atom is 0.410 e. The van der Waals surface area contributed by atoms with Gasteiger partial charge in [-0.3, -0.25) is 0 Å². The van der Waals surface area contributed by atoms with Crippen LogP contribution in [0.4, 0.5) is 20.7 Å². The molecule has 35 heavy (non-hydrogen) atoms. The molecule has 0 bridgehead atoms. The van der Waals surface area contributed by atoms with Crippen molar-refractivity contribution < 1.29 is 13.9 Å². The van der Waals surface area contributed by atoms with E-state index in [1.54, 1.807) is 36.0 Å². The van der Waals surface area contributed by atoms with Gasteiger partial charge in [-0.05, 0) is 45.9 Å². The number of halogens is 1. The molecule has 0 spiro atoms. The van der Waals surface area contributed by atoms with Crippen LogP contribution >= 0.6 is 0 Å². The van der Waals surface area contributed by atoms with Crippen LogP contribution in [-0.2, 0) is 4.74 Å². The quantitative estimate of drug-likeness (QED) is 0.456. The number of aromatic nitrogens is 3.